The van der Waals surface area contributed by atoms with Gasteiger partial charge in [0, 0.05) is 4.88 Å². The van der Waals surface area contributed by atoms with E-state index in [1.807, 2.05) is 6.07 Å². The van der Waals surface area contributed by atoms with Crippen LogP contribution in [-0.4, -0.2) is 22.6 Å². The highest BCUT2D eigenvalue weighted by atomic mass is 32.1. The molecule has 0 amide bonds. The highest BCUT2D eigenvalue weighted by Gasteiger charge is 2.15. The van der Waals surface area contributed by atoms with E-state index in [0.29, 0.717) is 16.0 Å². The predicted molar refractivity (Wildman–Crippen MR) is 94.5 cm³/mol. The Balaban J connectivity index is 1.96. The number of hydrogen-bond acceptors (Lipinski definition) is 6. The van der Waals surface area contributed by atoms with Crippen molar-refractivity contribution in [2.75, 3.05) is 7.11 Å². The number of unbranched alkanes of at least 4 members (excludes halogenated alkanes) is 1. The Morgan fingerprint density at radius 2 is 2.16 bits per heavy atom. The van der Waals surface area contributed by atoms with Crippen molar-refractivity contribution in [3.8, 4) is 0 Å². The smallest absolute Gasteiger partial charge is 0.373 e. The molecule has 132 valence electrons. The number of H-pyrrole nitrogens is 1. The fourth-order valence-corrected chi connectivity index (χ4v) is 3.62. The minimum Gasteiger partial charge on any atom is -0.463 e. The van der Waals surface area contributed by atoms with Crippen LogP contribution in [0, 0.1) is 0 Å². The number of ether oxygens (including phenoxy) is 1. The van der Waals surface area contributed by atoms with Gasteiger partial charge in [0.2, 0.25) is 5.76 Å². The summed E-state index contributed by atoms with van der Waals surface area (Å²) in [6, 6.07) is 4.83. The number of methoxy groups -OCH3 is 1. The molecular formula is C17H18N2O5S. The molecule has 3 rings (SSSR count). The van der Waals surface area contributed by atoms with E-state index in [2.05, 4.69) is 16.6 Å². The Bertz CT molecular complexity index is 1020. The molecule has 0 aliphatic rings. The zero-order valence-electron chi connectivity index (χ0n) is 14.0. The van der Waals surface area contributed by atoms with Gasteiger partial charge in [-0.3, -0.25) is 14.3 Å². The number of furan rings is 1. The lowest BCUT2D eigenvalue weighted by molar-refractivity contribution is 0.0563. The Morgan fingerprint density at radius 1 is 1.36 bits per heavy atom. The Kier molecular flexibility index (Phi) is 4.89. The second-order valence-electron chi connectivity index (χ2n) is 5.64. The SMILES string of the molecule is CCCCc1cc2c(=O)n(Cc3ccc(C(=O)OC)o3)c(=O)[nH]c2s1. The number of aryl methyl sites for hydroxylation is 1. The summed E-state index contributed by atoms with van der Waals surface area (Å²) in [7, 11) is 1.25. The van der Waals surface area contributed by atoms with Crippen molar-refractivity contribution < 1.29 is 13.9 Å². The van der Waals surface area contributed by atoms with Crippen molar-refractivity contribution in [3.05, 3.63) is 55.4 Å². The van der Waals surface area contributed by atoms with Crippen LogP contribution in [0.2, 0.25) is 0 Å². The number of esters is 1. The van der Waals surface area contributed by atoms with Crippen LogP contribution in [0.4, 0.5) is 0 Å². The lowest BCUT2D eigenvalue weighted by atomic mass is 10.2. The molecule has 7 nitrogen and oxygen atoms in total. The average molecular weight is 362 g/mol. The van der Waals surface area contributed by atoms with E-state index in [1.165, 1.54) is 24.5 Å². The first-order valence-electron chi connectivity index (χ1n) is 7.96. The molecule has 0 bridgehead atoms. The van der Waals surface area contributed by atoms with Crippen LogP contribution in [0.5, 0.6) is 0 Å². The highest BCUT2D eigenvalue weighted by molar-refractivity contribution is 7.18. The number of carbonyl (C=O) groups excluding carboxylic acids is 1. The highest BCUT2D eigenvalue weighted by Crippen LogP contribution is 2.22. The van der Waals surface area contributed by atoms with E-state index in [9.17, 15) is 14.4 Å². The van der Waals surface area contributed by atoms with E-state index >= 15 is 0 Å². The Hall–Kier alpha value is -2.61. The van der Waals surface area contributed by atoms with Crippen molar-refractivity contribution >= 4 is 27.5 Å². The zero-order chi connectivity index (χ0) is 18.0. The maximum absolute atomic E-state index is 12.7. The van der Waals surface area contributed by atoms with Crippen LogP contribution < -0.4 is 11.2 Å². The van der Waals surface area contributed by atoms with Gasteiger partial charge in [0.05, 0.1) is 19.0 Å². The number of nitrogens with zero attached hydrogens (tertiary/aromatic N) is 1. The average Bonchev–Trinajstić information content (AvgIpc) is 3.23. The van der Waals surface area contributed by atoms with Gasteiger partial charge in [-0.25, -0.2) is 9.59 Å². The number of carbonyl (C=O) groups is 1. The molecule has 0 radical (unpaired) electrons. The predicted octanol–water partition coefficient (Wildman–Crippen LogP) is 2.52. The van der Waals surface area contributed by atoms with E-state index in [0.717, 1.165) is 28.7 Å². The second kappa shape index (κ2) is 7.10. The van der Waals surface area contributed by atoms with E-state index < -0.39 is 11.7 Å². The van der Waals surface area contributed by atoms with Gasteiger partial charge in [0.15, 0.2) is 0 Å². The van der Waals surface area contributed by atoms with Crippen LogP contribution >= 0.6 is 11.3 Å². The third-order valence-corrected chi connectivity index (χ3v) is 4.97. The van der Waals surface area contributed by atoms with Crippen molar-refractivity contribution in [3.63, 3.8) is 0 Å². The number of nitrogens with one attached hydrogen (secondary N) is 1. The topological polar surface area (TPSA) is 94.3 Å². The van der Waals surface area contributed by atoms with Crippen LogP contribution in [0.25, 0.3) is 10.2 Å². The largest absolute Gasteiger partial charge is 0.463 e. The maximum Gasteiger partial charge on any atom is 0.373 e. The number of thiophene rings is 1. The van der Waals surface area contributed by atoms with Crippen LogP contribution in [-0.2, 0) is 17.7 Å². The summed E-state index contributed by atoms with van der Waals surface area (Å²) in [5.41, 5.74) is -0.869. The molecule has 0 atom stereocenters. The molecule has 0 saturated carbocycles. The maximum atomic E-state index is 12.7. The normalized spacial score (nSPS) is 11.1. The monoisotopic (exact) mass is 362 g/mol. The molecule has 0 saturated heterocycles. The number of aromatic nitrogens is 2. The summed E-state index contributed by atoms with van der Waals surface area (Å²) in [6.07, 6.45) is 2.99. The van der Waals surface area contributed by atoms with Gasteiger partial charge in [0.25, 0.3) is 5.56 Å². The van der Waals surface area contributed by atoms with Gasteiger partial charge >= 0.3 is 11.7 Å². The minimum atomic E-state index is -0.610. The lowest BCUT2D eigenvalue weighted by Gasteiger charge is -2.02. The minimum absolute atomic E-state index is 0.0282. The summed E-state index contributed by atoms with van der Waals surface area (Å²) < 4.78 is 11.0. The van der Waals surface area contributed by atoms with Gasteiger partial charge < -0.3 is 9.15 Å². The standard InChI is InChI=1S/C17H18N2O5S/c1-3-4-5-11-8-12-14(25-11)18-17(22)19(15(12)20)9-10-6-7-13(24-10)16(21)23-2/h6-8H,3-5,9H2,1-2H3,(H,18,22). The molecule has 0 aliphatic carbocycles. The summed E-state index contributed by atoms with van der Waals surface area (Å²) in [6.45, 7) is 2.05. The van der Waals surface area contributed by atoms with Crippen molar-refractivity contribution in [1.29, 1.82) is 0 Å². The van der Waals surface area contributed by atoms with Crippen molar-refractivity contribution in [1.82, 2.24) is 9.55 Å². The first-order valence-corrected chi connectivity index (χ1v) is 8.77. The number of aromatic amines is 1. The van der Waals surface area contributed by atoms with Gasteiger partial charge in [-0.15, -0.1) is 11.3 Å². The molecule has 0 aliphatic heterocycles. The van der Waals surface area contributed by atoms with Crippen molar-refractivity contribution in [2.45, 2.75) is 32.7 Å². The number of hydrogen-bond donors (Lipinski definition) is 1. The first-order chi connectivity index (χ1) is 12.0. The quantitative estimate of drug-likeness (QED) is 0.680. The van der Waals surface area contributed by atoms with Gasteiger partial charge in [-0.05, 0) is 31.0 Å². The van der Waals surface area contributed by atoms with E-state index in [-0.39, 0.29) is 17.9 Å². The van der Waals surface area contributed by atoms with Gasteiger partial charge in [0.1, 0.15) is 10.6 Å². The third-order valence-electron chi connectivity index (χ3n) is 3.86. The molecule has 0 unspecified atom stereocenters. The molecule has 25 heavy (non-hydrogen) atoms. The van der Waals surface area contributed by atoms with Crippen molar-refractivity contribution in [2.24, 2.45) is 0 Å². The summed E-state index contributed by atoms with van der Waals surface area (Å²) in [4.78, 5) is 40.8. The molecule has 0 aromatic carbocycles. The Labute approximate surface area is 146 Å². The van der Waals surface area contributed by atoms with E-state index in [1.54, 1.807) is 6.07 Å². The lowest BCUT2D eigenvalue weighted by Crippen LogP contribution is -2.34. The Morgan fingerprint density at radius 3 is 2.88 bits per heavy atom. The van der Waals surface area contributed by atoms with Crippen LogP contribution in [0.1, 0.15) is 41.0 Å². The van der Waals surface area contributed by atoms with Gasteiger partial charge in [-0.1, -0.05) is 13.3 Å². The van der Waals surface area contributed by atoms with E-state index in [4.69, 9.17) is 4.42 Å². The summed E-state index contributed by atoms with van der Waals surface area (Å²) in [5.74, 6) is -0.254. The molecule has 3 aromatic rings. The number of fused-ring (bicyclic) bond motifs is 1. The summed E-state index contributed by atoms with van der Waals surface area (Å²) >= 11 is 1.44. The summed E-state index contributed by atoms with van der Waals surface area (Å²) in [5, 5.41) is 0.496. The molecule has 8 heteroatoms. The second-order valence-corrected chi connectivity index (χ2v) is 6.77. The number of rotatable bonds is 6. The van der Waals surface area contributed by atoms with Crippen LogP contribution in [0.15, 0.2) is 32.2 Å². The third kappa shape index (κ3) is 3.43. The molecule has 0 fully saturated rings. The zero-order valence-corrected chi connectivity index (χ0v) is 14.8. The molecule has 3 heterocycles. The van der Waals surface area contributed by atoms with Crippen LogP contribution in [0.3, 0.4) is 0 Å². The molecule has 0 spiro atoms. The molecule has 3 aromatic heterocycles. The fourth-order valence-electron chi connectivity index (χ4n) is 2.54. The first kappa shape index (κ1) is 17.2. The molecule has 1 N–H and O–H groups in total. The fraction of sp³-hybridized carbons (Fsp3) is 0.353. The molecular weight excluding hydrogens is 344 g/mol. The van der Waals surface area contributed by atoms with Gasteiger partial charge in [-0.2, -0.15) is 0 Å².